The first kappa shape index (κ1) is 16.7. The molecule has 5 nitrogen and oxygen atoms in total. The molecule has 3 rings (SSSR count). The number of nitriles is 1. The number of carbonyl (C=O) groups is 1. The van der Waals surface area contributed by atoms with Crippen molar-refractivity contribution >= 4 is 17.2 Å². The van der Waals surface area contributed by atoms with E-state index in [2.05, 4.69) is 17.5 Å². The van der Waals surface area contributed by atoms with Crippen molar-refractivity contribution in [3.63, 3.8) is 0 Å². The third-order valence-corrected chi connectivity index (χ3v) is 5.20. The van der Waals surface area contributed by atoms with E-state index in [1.807, 2.05) is 28.5 Å². The number of furan rings is 1. The minimum Gasteiger partial charge on any atom is -0.468 e. The van der Waals surface area contributed by atoms with Gasteiger partial charge in [0.05, 0.1) is 25.4 Å². The van der Waals surface area contributed by atoms with Gasteiger partial charge in [0.25, 0.3) is 0 Å². The van der Waals surface area contributed by atoms with Crippen LogP contribution >= 0.6 is 11.3 Å². The molecule has 1 aliphatic rings. The van der Waals surface area contributed by atoms with Crippen molar-refractivity contribution in [2.45, 2.75) is 44.3 Å². The first-order valence-corrected chi connectivity index (χ1v) is 9.06. The van der Waals surface area contributed by atoms with E-state index in [0.717, 1.165) is 31.4 Å². The molecule has 6 heteroatoms. The van der Waals surface area contributed by atoms with Crippen LogP contribution in [0.4, 0.5) is 0 Å². The summed E-state index contributed by atoms with van der Waals surface area (Å²) in [5.41, 5.74) is -0.670. The van der Waals surface area contributed by atoms with Gasteiger partial charge in [-0.15, -0.1) is 11.3 Å². The van der Waals surface area contributed by atoms with Crippen molar-refractivity contribution in [3.05, 3.63) is 46.5 Å². The summed E-state index contributed by atoms with van der Waals surface area (Å²) in [4.78, 5) is 15.7. The molecule has 0 bridgehead atoms. The second kappa shape index (κ2) is 7.65. The molecule has 2 aromatic rings. The minimum atomic E-state index is -0.670. The van der Waals surface area contributed by atoms with Gasteiger partial charge in [-0.1, -0.05) is 6.07 Å². The maximum absolute atomic E-state index is 12.5. The molecule has 0 aromatic carbocycles. The molecule has 24 heavy (non-hydrogen) atoms. The maximum atomic E-state index is 12.5. The monoisotopic (exact) mass is 343 g/mol. The van der Waals surface area contributed by atoms with Crippen LogP contribution in [0, 0.1) is 11.3 Å². The number of hydrogen-bond acceptors (Lipinski definition) is 5. The second-order valence-electron chi connectivity index (χ2n) is 6.25. The van der Waals surface area contributed by atoms with E-state index in [1.165, 1.54) is 4.88 Å². The fourth-order valence-corrected chi connectivity index (χ4v) is 3.91. The van der Waals surface area contributed by atoms with E-state index in [0.29, 0.717) is 13.1 Å². The van der Waals surface area contributed by atoms with Gasteiger partial charge in [-0.25, -0.2) is 0 Å². The van der Waals surface area contributed by atoms with Gasteiger partial charge in [-0.05, 0) is 49.3 Å². The number of hydrogen-bond donors (Lipinski definition) is 1. The molecule has 0 unspecified atom stereocenters. The Morgan fingerprint density at radius 2 is 2.17 bits per heavy atom. The van der Waals surface area contributed by atoms with Gasteiger partial charge in [0.15, 0.2) is 0 Å². The predicted molar refractivity (Wildman–Crippen MR) is 92.1 cm³/mol. The lowest BCUT2D eigenvalue weighted by Crippen LogP contribution is -2.48. The van der Waals surface area contributed by atoms with Crippen LogP contribution < -0.4 is 5.32 Å². The molecule has 1 amide bonds. The van der Waals surface area contributed by atoms with Crippen molar-refractivity contribution in [1.29, 1.82) is 5.26 Å². The zero-order chi connectivity index (χ0) is 16.8. The Balaban J connectivity index is 1.64. The normalized spacial score (nSPS) is 16.2. The number of carbonyl (C=O) groups excluding carboxylic acids is 1. The van der Waals surface area contributed by atoms with Crippen molar-refractivity contribution in [2.24, 2.45) is 0 Å². The lowest BCUT2D eigenvalue weighted by atomic mass is 10.00. The molecule has 0 spiro atoms. The Labute approximate surface area is 145 Å². The number of nitrogens with one attached hydrogen (secondary N) is 1. The second-order valence-corrected chi connectivity index (χ2v) is 7.29. The van der Waals surface area contributed by atoms with Gasteiger partial charge in [-0.3, -0.25) is 9.69 Å². The minimum absolute atomic E-state index is 0.0958. The van der Waals surface area contributed by atoms with Gasteiger partial charge in [-0.2, -0.15) is 5.26 Å². The van der Waals surface area contributed by atoms with E-state index in [9.17, 15) is 10.1 Å². The topological polar surface area (TPSA) is 69.3 Å². The quantitative estimate of drug-likeness (QED) is 0.837. The molecule has 0 atom stereocenters. The van der Waals surface area contributed by atoms with E-state index in [-0.39, 0.29) is 12.5 Å². The molecule has 0 saturated heterocycles. The fourth-order valence-electron chi connectivity index (χ4n) is 3.17. The molecule has 0 radical (unpaired) electrons. The van der Waals surface area contributed by atoms with Gasteiger partial charge in [0.1, 0.15) is 11.3 Å². The van der Waals surface area contributed by atoms with Crippen LogP contribution in [-0.2, 0) is 17.9 Å². The lowest BCUT2D eigenvalue weighted by Gasteiger charge is -2.25. The summed E-state index contributed by atoms with van der Waals surface area (Å²) >= 11 is 1.67. The van der Waals surface area contributed by atoms with E-state index < -0.39 is 5.54 Å². The highest BCUT2D eigenvalue weighted by Gasteiger charge is 2.35. The fraction of sp³-hybridized carbons (Fsp3) is 0.444. The zero-order valence-corrected chi connectivity index (χ0v) is 14.3. The van der Waals surface area contributed by atoms with Gasteiger partial charge in [0, 0.05) is 11.4 Å². The molecule has 1 N–H and O–H groups in total. The Kier molecular flexibility index (Phi) is 5.34. The molecule has 126 valence electrons. The number of rotatable bonds is 7. The maximum Gasteiger partial charge on any atom is 0.235 e. The highest BCUT2D eigenvalue weighted by molar-refractivity contribution is 7.09. The lowest BCUT2D eigenvalue weighted by molar-refractivity contribution is -0.123. The zero-order valence-electron chi connectivity index (χ0n) is 13.5. The van der Waals surface area contributed by atoms with E-state index in [4.69, 9.17) is 4.42 Å². The largest absolute Gasteiger partial charge is 0.468 e. The van der Waals surface area contributed by atoms with Crippen LogP contribution in [-0.4, -0.2) is 22.9 Å². The molecule has 1 aliphatic carbocycles. The molecule has 2 aromatic heterocycles. The number of thiophene rings is 1. The summed E-state index contributed by atoms with van der Waals surface area (Å²) in [6.07, 6.45) is 5.14. The van der Waals surface area contributed by atoms with Gasteiger partial charge in [0.2, 0.25) is 5.91 Å². The van der Waals surface area contributed by atoms with Crippen LogP contribution in [0.2, 0.25) is 0 Å². The van der Waals surface area contributed by atoms with Crippen molar-refractivity contribution in [2.75, 3.05) is 6.54 Å². The summed E-state index contributed by atoms with van der Waals surface area (Å²) in [5, 5.41) is 14.4. The number of amides is 1. The van der Waals surface area contributed by atoms with Crippen LogP contribution in [0.3, 0.4) is 0 Å². The average molecular weight is 343 g/mol. The highest BCUT2D eigenvalue weighted by atomic mass is 32.1. The first-order chi connectivity index (χ1) is 11.7. The van der Waals surface area contributed by atoms with Crippen LogP contribution in [0.25, 0.3) is 0 Å². The summed E-state index contributed by atoms with van der Waals surface area (Å²) in [6.45, 7) is 1.51. The predicted octanol–water partition coefficient (Wildman–Crippen LogP) is 3.30. The Morgan fingerprint density at radius 1 is 1.33 bits per heavy atom. The van der Waals surface area contributed by atoms with Crippen molar-refractivity contribution in [3.8, 4) is 6.07 Å². The van der Waals surface area contributed by atoms with Crippen LogP contribution in [0.15, 0.2) is 40.3 Å². The molecular formula is C18H21N3O2S. The molecule has 1 fully saturated rings. The Bertz CT molecular complexity index is 646. The van der Waals surface area contributed by atoms with E-state index in [1.54, 1.807) is 17.6 Å². The Hall–Kier alpha value is -2.10. The molecule has 1 saturated carbocycles. The van der Waals surface area contributed by atoms with Crippen molar-refractivity contribution in [1.82, 2.24) is 10.2 Å². The van der Waals surface area contributed by atoms with Gasteiger partial charge >= 0.3 is 0 Å². The molecular weight excluding hydrogens is 322 g/mol. The molecule has 0 aliphatic heterocycles. The summed E-state index contributed by atoms with van der Waals surface area (Å²) in [5.74, 6) is 0.733. The SMILES string of the molecule is N#CC1(NC(=O)CN(Cc2ccco2)Cc2cccs2)CCCC1. The third-order valence-electron chi connectivity index (χ3n) is 4.34. The highest BCUT2D eigenvalue weighted by Crippen LogP contribution is 2.28. The van der Waals surface area contributed by atoms with Crippen molar-refractivity contribution < 1.29 is 9.21 Å². The standard InChI is InChI=1S/C18H21N3O2S/c19-14-18(7-1-2-8-18)20-17(22)13-21(11-15-5-3-9-23-15)12-16-6-4-10-24-16/h3-6,9-10H,1-2,7-8,11-13H2,(H,20,22). The summed E-state index contributed by atoms with van der Waals surface area (Å²) in [7, 11) is 0. The van der Waals surface area contributed by atoms with Crippen LogP contribution in [0.1, 0.15) is 36.3 Å². The first-order valence-electron chi connectivity index (χ1n) is 8.18. The Morgan fingerprint density at radius 3 is 2.79 bits per heavy atom. The van der Waals surface area contributed by atoms with Gasteiger partial charge < -0.3 is 9.73 Å². The average Bonchev–Trinajstić information content (AvgIpc) is 3.29. The van der Waals surface area contributed by atoms with Crippen LogP contribution in [0.5, 0.6) is 0 Å². The summed E-state index contributed by atoms with van der Waals surface area (Å²) < 4.78 is 5.42. The third kappa shape index (κ3) is 4.25. The number of nitrogens with zero attached hydrogens (tertiary/aromatic N) is 2. The van der Waals surface area contributed by atoms with E-state index >= 15 is 0 Å². The smallest absolute Gasteiger partial charge is 0.235 e. The summed E-state index contributed by atoms with van der Waals surface area (Å²) in [6, 6.07) is 10.1. The molecule has 2 heterocycles.